The fourth-order valence-corrected chi connectivity index (χ4v) is 1.04. The van der Waals surface area contributed by atoms with Crippen molar-refractivity contribution in [2.45, 2.75) is 6.42 Å². The Hall–Kier alpha value is -1.97. The number of methoxy groups -OCH3 is 1. The number of esters is 1. The van der Waals surface area contributed by atoms with E-state index in [1.165, 1.54) is 25.3 Å². The van der Waals surface area contributed by atoms with E-state index in [1.807, 2.05) is 0 Å². The predicted molar refractivity (Wildman–Crippen MR) is 55.4 cm³/mol. The van der Waals surface area contributed by atoms with Crippen LogP contribution in [0.3, 0.4) is 0 Å². The van der Waals surface area contributed by atoms with E-state index in [-0.39, 0.29) is 23.9 Å². The van der Waals surface area contributed by atoms with Crippen molar-refractivity contribution in [3.05, 3.63) is 29.8 Å². The lowest BCUT2D eigenvalue weighted by atomic mass is 10.1. The molecule has 0 aliphatic heterocycles. The van der Waals surface area contributed by atoms with Crippen molar-refractivity contribution in [3.8, 4) is 11.5 Å². The smallest absolute Gasteiger partial charge is 0.309 e. The van der Waals surface area contributed by atoms with E-state index in [1.54, 1.807) is 12.2 Å². The fraction of sp³-hybridized carbons (Fsp3) is 0.182. The second kappa shape index (κ2) is 5.05. The molecule has 4 heteroatoms. The number of rotatable bonds is 3. The minimum atomic E-state index is -0.356. The molecule has 0 fully saturated rings. The van der Waals surface area contributed by atoms with Gasteiger partial charge in [-0.15, -0.1) is 0 Å². The van der Waals surface area contributed by atoms with E-state index in [2.05, 4.69) is 4.74 Å². The summed E-state index contributed by atoms with van der Waals surface area (Å²) in [4.78, 5) is 10.8. The van der Waals surface area contributed by atoms with Gasteiger partial charge in [0, 0.05) is 5.56 Å². The van der Waals surface area contributed by atoms with Crippen LogP contribution in [0.4, 0.5) is 0 Å². The molecule has 0 aliphatic rings. The maximum atomic E-state index is 10.8. The second-order valence-electron chi connectivity index (χ2n) is 2.93. The summed E-state index contributed by atoms with van der Waals surface area (Å²) in [5.41, 5.74) is 0.457. The highest BCUT2D eigenvalue weighted by atomic mass is 16.5. The van der Waals surface area contributed by atoms with Crippen LogP contribution in [0.5, 0.6) is 11.5 Å². The Morgan fingerprint density at radius 2 is 2.20 bits per heavy atom. The SMILES string of the molecule is COC(=O)C/C=C/c1cc(O)ccc1O. The van der Waals surface area contributed by atoms with E-state index in [0.717, 1.165) is 0 Å². The summed E-state index contributed by atoms with van der Waals surface area (Å²) in [5, 5.41) is 18.5. The molecule has 0 amide bonds. The van der Waals surface area contributed by atoms with E-state index < -0.39 is 0 Å². The van der Waals surface area contributed by atoms with Crippen molar-refractivity contribution in [2.75, 3.05) is 7.11 Å². The van der Waals surface area contributed by atoms with Gasteiger partial charge in [0.15, 0.2) is 0 Å². The number of benzene rings is 1. The van der Waals surface area contributed by atoms with Gasteiger partial charge < -0.3 is 14.9 Å². The molecule has 0 radical (unpaired) electrons. The molecule has 0 atom stereocenters. The summed E-state index contributed by atoms with van der Waals surface area (Å²) < 4.78 is 4.44. The minimum Gasteiger partial charge on any atom is -0.508 e. The van der Waals surface area contributed by atoms with E-state index in [0.29, 0.717) is 5.56 Å². The van der Waals surface area contributed by atoms with Crippen LogP contribution in [0.25, 0.3) is 6.08 Å². The van der Waals surface area contributed by atoms with Gasteiger partial charge >= 0.3 is 5.97 Å². The third kappa shape index (κ3) is 3.34. The number of aromatic hydroxyl groups is 2. The average Bonchev–Trinajstić information content (AvgIpc) is 2.23. The largest absolute Gasteiger partial charge is 0.508 e. The molecule has 1 aromatic carbocycles. The summed E-state index contributed by atoms with van der Waals surface area (Å²) >= 11 is 0. The first-order valence-corrected chi connectivity index (χ1v) is 4.39. The number of ether oxygens (including phenoxy) is 1. The maximum absolute atomic E-state index is 10.8. The summed E-state index contributed by atoms with van der Waals surface area (Å²) in [7, 11) is 1.31. The quantitative estimate of drug-likeness (QED) is 0.585. The van der Waals surface area contributed by atoms with E-state index >= 15 is 0 Å². The molecule has 0 saturated carbocycles. The first-order chi connectivity index (χ1) is 7.13. The van der Waals surface area contributed by atoms with Crippen LogP contribution in [0, 0.1) is 0 Å². The Kier molecular flexibility index (Phi) is 3.74. The van der Waals surface area contributed by atoms with Gasteiger partial charge in [-0.2, -0.15) is 0 Å². The molecule has 0 heterocycles. The van der Waals surface area contributed by atoms with Crippen molar-refractivity contribution in [2.24, 2.45) is 0 Å². The molecule has 0 aromatic heterocycles. The summed E-state index contributed by atoms with van der Waals surface area (Å²) in [6.45, 7) is 0. The molecule has 0 bridgehead atoms. The van der Waals surface area contributed by atoms with Crippen molar-refractivity contribution in [3.63, 3.8) is 0 Å². The number of phenols is 2. The van der Waals surface area contributed by atoms with Gasteiger partial charge in [0.2, 0.25) is 0 Å². The number of hydrogen-bond acceptors (Lipinski definition) is 4. The van der Waals surface area contributed by atoms with Crippen LogP contribution in [0.1, 0.15) is 12.0 Å². The normalized spacial score (nSPS) is 10.5. The molecule has 0 spiro atoms. The van der Waals surface area contributed by atoms with E-state index in [4.69, 9.17) is 5.11 Å². The molecule has 2 N–H and O–H groups in total. The Morgan fingerprint density at radius 3 is 2.87 bits per heavy atom. The van der Waals surface area contributed by atoms with Crippen molar-refractivity contribution >= 4 is 12.0 Å². The Balaban J connectivity index is 2.71. The van der Waals surface area contributed by atoms with Crippen LogP contribution in [-0.2, 0) is 9.53 Å². The topological polar surface area (TPSA) is 66.8 Å². The molecule has 80 valence electrons. The predicted octanol–water partition coefficient (Wildman–Crippen LogP) is 1.67. The minimum absolute atomic E-state index is 0.0499. The summed E-state index contributed by atoms with van der Waals surface area (Å²) in [6.07, 6.45) is 3.23. The molecule has 1 rings (SSSR count). The zero-order valence-electron chi connectivity index (χ0n) is 8.30. The van der Waals surface area contributed by atoms with E-state index in [9.17, 15) is 9.90 Å². The van der Waals surface area contributed by atoms with Gasteiger partial charge in [-0.3, -0.25) is 4.79 Å². The Morgan fingerprint density at radius 1 is 1.47 bits per heavy atom. The van der Waals surface area contributed by atoms with Crippen LogP contribution in [-0.4, -0.2) is 23.3 Å². The van der Waals surface area contributed by atoms with Gasteiger partial charge in [0.25, 0.3) is 0 Å². The van der Waals surface area contributed by atoms with Crippen LogP contribution in [0.2, 0.25) is 0 Å². The van der Waals surface area contributed by atoms with Crippen molar-refractivity contribution in [1.82, 2.24) is 0 Å². The molecule has 0 unspecified atom stereocenters. The van der Waals surface area contributed by atoms with Gasteiger partial charge in [-0.25, -0.2) is 0 Å². The molecule has 0 aliphatic carbocycles. The molecular weight excluding hydrogens is 196 g/mol. The zero-order valence-corrected chi connectivity index (χ0v) is 8.30. The lowest BCUT2D eigenvalue weighted by Gasteiger charge is -1.99. The monoisotopic (exact) mass is 208 g/mol. The Bertz CT molecular complexity index is 382. The number of phenolic OH excluding ortho intramolecular Hbond substituents is 2. The second-order valence-corrected chi connectivity index (χ2v) is 2.93. The molecule has 15 heavy (non-hydrogen) atoms. The number of carbonyl (C=O) groups is 1. The third-order valence-electron chi connectivity index (χ3n) is 1.82. The lowest BCUT2D eigenvalue weighted by molar-refractivity contribution is -0.139. The summed E-state index contributed by atoms with van der Waals surface area (Å²) in [6, 6.07) is 4.17. The Labute approximate surface area is 87.4 Å². The highest BCUT2D eigenvalue weighted by Crippen LogP contribution is 2.23. The van der Waals surface area contributed by atoms with Crippen LogP contribution >= 0.6 is 0 Å². The lowest BCUT2D eigenvalue weighted by Crippen LogP contribution is -1.96. The van der Waals surface area contributed by atoms with Crippen LogP contribution in [0.15, 0.2) is 24.3 Å². The fourth-order valence-electron chi connectivity index (χ4n) is 1.04. The number of carbonyl (C=O) groups excluding carboxylic acids is 1. The third-order valence-corrected chi connectivity index (χ3v) is 1.82. The first kappa shape index (κ1) is 11.1. The molecule has 1 aromatic rings. The highest BCUT2D eigenvalue weighted by Gasteiger charge is 1.99. The molecule has 4 nitrogen and oxygen atoms in total. The zero-order chi connectivity index (χ0) is 11.3. The highest BCUT2D eigenvalue weighted by molar-refractivity contribution is 5.73. The summed E-state index contributed by atoms with van der Waals surface area (Å²) in [5.74, 6) is -0.245. The van der Waals surface area contributed by atoms with Gasteiger partial charge in [0.05, 0.1) is 13.5 Å². The molecule has 0 saturated heterocycles. The van der Waals surface area contributed by atoms with Crippen molar-refractivity contribution in [1.29, 1.82) is 0 Å². The van der Waals surface area contributed by atoms with Crippen LogP contribution < -0.4 is 0 Å². The number of hydrogen-bond donors (Lipinski definition) is 2. The van der Waals surface area contributed by atoms with Gasteiger partial charge in [-0.1, -0.05) is 12.2 Å². The first-order valence-electron chi connectivity index (χ1n) is 4.39. The maximum Gasteiger partial charge on any atom is 0.309 e. The average molecular weight is 208 g/mol. The molecular formula is C11H12O4. The van der Waals surface area contributed by atoms with Gasteiger partial charge in [0.1, 0.15) is 11.5 Å². The van der Waals surface area contributed by atoms with Gasteiger partial charge in [-0.05, 0) is 18.2 Å². The standard InChI is InChI=1S/C11H12O4/c1-15-11(14)4-2-3-8-7-9(12)5-6-10(8)13/h2-3,5-7,12-13H,4H2,1H3/b3-2+. The van der Waals surface area contributed by atoms with Crippen molar-refractivity contribution < 1.29 is 19.7 Å².